The fourth-order valence-electron chi connectivity index (χ4n) is 1.82. The van der Waals surface area contributed by atoms with Crippen molar-refractivity contribution in [2.45, 2.75) is 6.10 Å². The zero-order chi connectivity index (χ0) is 14.0. The molecule has 0 heterocycles. The van der Waals surface area contributed by atoms with Crippen LogP contribution in [0.3, 0.4) is 0 Å². The summed E-state index contributed by atoms with van der Waals surface area (Å²) in [7, 11) is 1.39. The van der Waals surface area contributed by atoms with Gasteiger partial charge in [-0.25, -0.2) is 8.78 Å². The summed E-state index contributed by atoms with van der Waals surface area (Å²) in [5.41, 5.74) is 0.111. The summed E-state index contributed by atoms with van der Waals surface area (Å²) in [6.45, 7) is 0. The van der Waals surface area contributed by atoms with Gasteiger partial charge in [0.05, 0.1) is 12.1 Å². The van der Waals surface area contributed by atoms with Crippen LogP contribution in [0.2, 0.25) is 5.02 Å². The number of benzene rings is 2. The molecule has 2 nitrogen and oxygen atoms in total. The number of aliphatic hydroxyl groups is 1. The van der Waals surface area contributed by atoms with Crippen LogP contribution in [0.1, 0.15) is 17.2 Å². The third-order valence-corrected chi connectivity index (χ3v) is 3.05. The molecule has 2 aromatic carbocycles. The fraction of sp³-hybridized carbons (Fsp3) is 0.143. The van der Waals surface area contributed by atoms with Crippen molar-refractivity contribution in [3.63, 3.8) is 0 Å². The van der Waals surface area contributed by atoms with Crippen molar-refractivity contribution < 1.29 is 18.6 Å². The quantitative estimate of drug-likeness (QED) is 0.931. The third-order valence-electron chi connectivity index (χ3n) is 2.76. The summed E-state index contributed by atoms with van der Waals surface area (Å²) in [6, 6.07) is 7.94. The Labute approximate surface area is 114 Å². The first kappa shape index (κ1) is 13.8. The van der Waals surface area contributed by atoms with Crippen molar-refractivity contribution in [3.05, 3.63) is 64.2 Å². The predicted molar refractivity (Wildman–Crippen MR) is 68.4 cm³/mol. The number of halogens is 3. The number of methoxy groups -OCH3 is 1. The van der Waals surface area contributed by atoms with Crippen LogP contribution in [0, 0.1) is 11.6 Å². The average molecular weight is 285 g/mol. The molecule has 0 radical (unpaired) electrons. The molecule has 1 unspecified atom stereocenters. The van der Waals surface area contributed by atoms with E-state index in [9.17, 15) is 13.9 Å². The molecule has 19 heavy (non-hydrogen) atoms. The summed E-state index contributed by atoms with van der Waals surface area (Å²) in [5.74, 6) is -1.01. The molecule has 0 aliphatic heterocycles. The van der Waals surface area contributed by atoms with Crippen molar-refractivity contribution in [1.82, 2.24) is 0 Å². The highest BCUT2D eigenvalue weighted by Gasteiger charge is 2.20. The van der Waals surface area contributed by atoms with E-state index >= 15 is 0 Å². The first-order valence-corrected chi connectivity index (χ1v) is 5.87. The minimum absolute atomic E-state index is 0.0311. The lowest BCUT2D eigenvalue weighted by atomic mass is 10.00. The maximum absolute atomic E-state index is 13.8. The Bertz CT molecular complexity index is 602. The Kier molecular flexibility index (Phi) is 4.02. The first-order chi connectivity index (χ1) is 9.04. The van der Waals surface area contributed by atoms with E-state index in [-0.39, 0.29) is 21.9 Å². The van der Waals surface area contributed by atoms with E-state index in [1.165, 1.54) is 37.4 Å². The Hall–Kier alpha value is -1.65. The molecule has 0 aromatic heterocycles. The molecule has 5 heteroatoms. The van der Waals surface area contributed by atoms with Crippen LogP contribution in [0.5, 0.6) is 5.75 Å². The molecule has 0 aliphatic carbocycles. The number of hydrogen-bond donors (Lipinski definition) is 1. The van der Waals surface area contributed by atoms with Crippen LogP contribution in [0.15, 0.2) is 36.4 Å². The van der Waals surface area contributed by atoms with Gasteiger partial charge in [-0.3, -0.25) is 0 Å². The summed E-state index contributed by atoms with van der Waals surface area (Å²) < 4.78 is 32.1. The molecule has 2 aromatic rings. The van der Waals surface area contributed by atoms with Crippen LogP contribution in [0.4, 0.5) is 8.78 Å². The van der Waals surface area contributed by atoms with E-state index in [1.54, 1.807) is 0 Å². The van der Waals surface area contributed by atoms with Crippen LogP contribution >= 0.6 is 11.6 Å². The fourth-order valence-corrected chi connectivity index (χ4v) is 2.00. The SMILES string of the molecule is COc1ccc(F)cc1C(O)c1cccc(Cl)c1F. The van der Waals surface area contributed by atoms with Crippen molar-refractivity contribution in [1.29, 1.82) is 0 Å². The minimum atomic E-state index is -1.36. The second-order valence-corrected chi connectivity index (χ2v) is 4.34. The Balaban J connectivity index is 2.52. The van der Waals surface area contributed by atoms with Gasteiger partial charge in [-0.1, -0.05) is 23.7 Å². The second-order valence-electron chi connectivity index (χ2n) is 3.93. The van der Waals surface area contributed by atoms with Crippen molar-refractivity contribution in [3.8, 4) is 5.75 Å². The normalized spacial score (nSPS) is 12.3. The van der Waals surface area contributed by atoms with E-state index < -0.39 is 17.7 Å². The first-order valence-electron chi connectivity index (χ1n) is 5.50. The summed E-state index contributed by atoms with van der Waals surface area (Å²) in [4.78, 5) is 0. The van der Waals surface area contributed by atoms with Crippen molar-refractivity contribution >= 4 is 11.6 Å². The Morgan fingerprint density at radius 3 is 2.58 bits per heavy atom. The maximum atomic E-state index is 13.8. The Morgan fingerprint density at radius 1 is 1.16 bits per heavy atom. The highest BCUT2D eigenvalue weighted by Crippen LogP contribution is 2.33. The molecule has 0 aliphatic rings. The van der Waals surface area contributed by atoms with Gasteiger partial charge in [-0.15, -0.1) is 0 Å². The molecule has 1 N–H and O–H groups in total. The van der Waals surface area contributed by atoms with E-state index in [1.807, 2.05) is 0 Å². The molecular formula is C14H11ClF2O2. The van der Waals surface area contributed by atoms with Gasteiger partial charge in [0.1, 0.15) is 23.5 Å². The van der Waals surface area contributed by atoms with Gasteiger partial charge in [0.25, 0.3) is 0 Å². The molecule has 0 saturated carbocycles. The van der Waals surface area contributed by atoms with E-state index in [0.29, 0.717) is 0 Å². The van der Waals surface area contributed by atoms with Gasteiger partial charge in [0.15, 0.2) is 0 Å². The molecule has 0 amide bonds. The summed E-state index contributed by atoms with van der Waals surface area (Å²) in [5, 5.41) is 10.1. The van der Waals surface area contributed by atoms with Gasteiger partial charge < -0.3 is 9.84 Å². The van der Waals surface area contributed by atoms with Gasteiger partial charge in [-0.05, 0) is 24.3 Å². The van der Waals surface area contributed by atoms with Crippen molar-refractivity contribution in [2.24, 2.45) is 0 Å². The summed E-state index contributed by atoms with van der Waals surface area (Å²) >= 11 is 5.66. The molecule has 0 saturated heterocycles. The molecule has 2 rings (SSSR count). The van der Waals surface area contributed by atoms with E-state index in [4.69, 9.17) is 16.3 Å². The predicted octanol–water partition coefficient (Wildman–Crippen LogP) is 3.71. The van der Waals surface area contributed by atoms with Crippen molar-refractivity contribution in [2.75, 3.05) is 7.11 Å². The van der Waals surface area contributed by atoms with E-state index in [2.05, 4.69) is 0 Å². The van der Waals surface area contributed by atoms with Crippen LogP contribution in [0.25, 0.3) is 0 Å². The molecule has 100 valence electrons. The van der Waals surface area contributed by atoms with Crippen LogP contribution in [-0.4, -0.2) is 12.2 Å². The van der Waals surface area contributed by atoms with E-state index in [0.717, 1.165) is 6.07 Å². The lowest BCUT2D eigenvalue weighted by Crippen LogP contribution is -2.05. The molecule has 1 atom stereocenters. The van der Waals surface area contributed by atoms with Gasteiger partial charge >= 0.3 is 0 Å². The minimum Gasteiger partial charge on any atom is -0.496 e. The van der Waals surface area contributed by atoms with Crippen LogP contribution < -0.4 is 4.74 Å². The molecular weight excluding hydrogens is 274 g/mol. The number of rotatable bonds is 3. The van der Waals surface area contributed by atoms with Gasteiger partial charge in [0.2, 0.25) is 0 Å². The average Bonchev–Trinajstić information content (AvgIpc) is 2.41. The second kappa shape index (κ2) is 5.55. The van der Waals surface area contributed by atoms with Crippen LogP contribution in [-0.2, 0) is 0 Å². The number of ether oxygens (including phenoxy) is 1. The smallest absolute Gasteiger partial charge is 0.147 e. The molecule has 0 fully saturated rings. The molecule has 0 bridgehead atoms. The maximum Gasteiger partial charge on any atom is 0.147 e. The number of hydrogen-bond acceptors (Lipinski definition) is 2. The zero-order valence-electron chi connectivity index (χ0n) is 10.0. The standard InChI is InChI=1S/C14H11ClF2O2/c1-19-12-6-5-8(16)7-10(12)14(18)9-3-2-4-11(15)13(9)17/h2-7,14,18H,1H3. The highest BCUT2D eigenvalue weighted by atomic mass is 35.5. The third kappa shape index (κ3) is 2.69. The largest absolute Gasteiger partial charge is 0.496 e. The van der Waals surface area contributed by atoms with Gasteiger partial charge in [-0.2, -0.15) is 0 Å². The lowest BCUT2D eigenvalue weighted by Gasteiger charge is -2.16. The topological polar surface area (TPSA) is 29.5 Å². The monoisotopic (exact) mass is 284 g/mol. The highest BCUT2D eigenvalue weighted by molar-refractivity contribution is 6.30. The molecule has 0 spiro atoms. The summed E-state index contributed by atoms with van der Waals surface area (Å²) in [6.07, 6.45) is -1.36. The van der Waals surface area contributed by atoms with Gasteiger partial charge in [0, 0.05) is 11.1 Å². The lowest BCUT2D eigenvalue weighted by molar-refractivity contribution is 0.209. The number of aliphatic hydroxyl groups excluding tert-OH is 1. The Morgan fingerprint density at radius 2 is 1.89 bits per heavy atom. The zero-order valence-corrected chi connectivity index (χ0v) is 10.8.